The Kier molecular flexibility index (Phi) is 8.40. The number of sulfonamides is 1. The zero-order chi connectivity index (χ0) is 18.9. The molecular formula is C16H30N4O4S. The summed E-state index contributed by atoms with van der Waals surface area (Å²) in [5.74, 6) is 1.84. The lowest BCUT2D eigenvalue weighted by molar-refractivity contribution is 0.0428. The summed E-state index contributed by atoms with van der Waals surface area (Å²) in [6, 6.07) is 3.54. The van der Waals surface area contributed by atoms with Crippen LogP contribution in [0.2, 0.25) is 0 Å². The van der Waals surface area contributed by atoms with E-state index < -0.39 is 15.6 Å². The van der Waals surface area contributed by atoms with Gasteiger partial charge in [-0.25, -0.2) is 18.1 Å². The van der Waals surface area contributed by atoms with Crippen LogP contribution >= 0.6 is 0 Å². The average molecular weight is 375 g/mol. The van der Waals surface area contributed by atoms with Gasteiger partial charge in [0.1, 0.15) is 17.1 Å². The fourth-order valence-corrected chi connectivity index (χ4v) is 2.66. The van der Waals surface area contributed by atoms with Crippen LogP contribution in [0.3, 0.4) is 0 Å². The van der Waals surface area contributed by atoms with Crippen LogP contribution in [0.1, 0.15) is 38.7 Å². The number of nitrogens with zero attached hydrogens (tertiary/aromatic N) is 1. The zero-order valence-corrected chi connectivity index (χ0v) is 16.2. The quantitative estimate of drug-likeness (QED) is 0.272. The summed E-state index contributed by atoms with van der Waals surface area (Å²) in [6.07, 6.45) is 0.622. The molecule has 1 rings (SSSR count). The third kappa shape index (κ3) is 7.89. The first-order valence-corrected chi connectivity index (χ1v) is 10.1. The number of hydrogen-bond donors (Lipinski definition) is 4. The van der Waals surface area contributed by atoms with E-state index in [4.69, 9.17) is 4.42 Å². The number of hydrogen-bond acceptors (Lipinski definition) is 5. The lowest BCUT2D eigenvalue weighted by Crippen LogP contribution is -2.40. The lowest BCUT2D eigenvalue weighted by Gasteiger charge is -2.19. The molecule has 1 atom stereocenters. The van der Waals surface area contributed by atoms with Gasteiger partial charge in [0, 0.05) is 19.6 Å². The van der Waals surface area contributed by atoms with E-state index in [0.717, 1.165) is 5.76 Å². The molecule has 1 aromatic rings. The molecule has 0 aliphatic rings. The van der Waals surface area contributed by atoms with Crippen molar-refractivity contribution in [3.63, 3.8) is 0 Å². The molecule has 1 unspecified atom stereocenters. The molecule has 0 aromatic carbocycles. The molecule has 0 saturated heterocycles. The van der Waals surface area contributed by atoms with Crippen molar-refractivity contribution in [3.8, 4) is 0 Å². The number of rotatable bonds is 10. The van der Waals surface area contributed by atoms with E-state index in [1.165, 1.54) is 0 Å². The standard InChI is InChI=1S/C16H30N4O4S/c1-5-17-15(18-10-7-11-20-25(22,23)6-2)19-12-16(4,21)14-9-8-13(3)24-14/h8-9,20-21H,5-7,10-12H2,1-4H3,(H2,17,18,19). The van der Waals surface area contributed by atoms with Crippen molar-refractivity contribution in [2.75, 3.05) is 31.9 Å². The predicted octanol–water partition coefficient (Wildman–Crippen LogP) is 0.680. The van der Waals surface area contributed by atoms with E-state index >= 15 is 0 Å². The predicted molar refractivity (Wildman–Crippen MR) is 99.1 cm³/mol. The van der Waals surface area contributed by atoms with E-state index in [1.807, 2.05) is 13.8 Å². The molecule has 8 nitrogen and oxygen atoms in total. The summed E-state index contributed by atoms with van der Waals surface area (Å²) in [5, 5.41) is 16.7. The Morgan fingerprint density at radius 2 is 2.00 bits per heavy atom. The molecule has 0 bridgehead atoms. The van der Waals surface area contributed by atoms with Gasteiger partial charge in [-0.3, -0.25) is 0 Å². The largest absolute Gasteiger partial charge is 0.463 e. The molecular weight excluding hydrogens is 344 g/mol. The second kappa shape index (κ2) is 9.79. The van der Waals surface area contributed by atoms with Crippen LogP contribution in [0.15, 0.2) is 21.5 Å². The van der Waals surface area contributed by atoms with Crippen molar-refractivity contribution in [1.29, 1.82) is 0 Å². The molecule has 0 saturated carbocycles. The minimum Gasteiger partial charge on any atom is -0.463 e. The Hall–Kier alpha value is -1.58. The third-order valence-corrected chi connectivity index (χ3v) is 4.91. The minimum atomic E-state index is -3.16. The van der Waals surface area contributed by atoms with Gasteiger partial charge in [0.25, 0.3) is 0 Å². The number of guanidine groups is 1. The highest BCUT2D eigenvalue weighted by molar-refractivity contribution is 7.89. The first-order chi connectivity index (χ1) is 11.7. The summed E-state index contributed by atoms with van der Waals surface area (Å²) < 4.78 is 30.7. The average Bonchev–Trinajstić information content (AvgIpc) is 2.99. The molecule has 0 spiro atoms. The van der Waals surface area contributed by atoms with Crippen LogP contribution in [0.5, 0.6) is 0 Å². The molecule has 0 amide bonds. The van der Waals surface area contributed by atoms with E-state index in [0.29, 0.717) is 37.8 Å². The molecule has 1 aromatic heterocycles. The molecule has 0 fully saturated rings. The van der Waals surface area contributed by atoms with Crippen LogP contribution < -0.4 is 15.4 Å². The molecule has 0 aliphatic heterocycles. The van der Waals surface area contributed by atoms with Gasteiger partial charge in [-0.15, -0.1) is 0 Å². The summed E-state index contributed by atoms with van der Waals surface area (Å²) in [6.45, 7) is 8.75. The highest BCUT2D eigenvalue weighted by Crippen LogP contribution is 2.22. The van der Waals surface area contributed by atoms with Crippen molar-refractivity contribution in [3.05, 3.63) is 23.7 Å². The number of nitrogens with one attached hydrogen (secondary N) is 3. The summed E-state index contributed by atoms with van der Waals surface area (Å²) in [4.78, 5) is 4.38. The lowest BCUT2D eigenvalue weighted by atomic mass is 10.0. The number of aryl methyl sites for hydroxylation is 1. The number of furan rings is 1. The van der Waals surface area contributed by atoms with Gasteiger partial charge in [-0.05, 0) is 46.2 Å². The van der Waals surface area contributed by atoms with Crippen molar-refractivity contribution < 1.29 is 17.9 Å². The topological polar surface area (TPSA) is 116 Å². The molecule has 9 heteroatoms. The molecule has 0 radical (unpaired) electrons. The molecule has 1 heterocycles. The monoisotopic (exact) mass is 374 g/mol. The van der Waals surface area contributed by atoms with Gasteiger partial charge in [-0.1, -0.05) is 0 Å². The maximum atomic E-state index is 11.3. The van der Waals surface area contributed by atoms with E-state index in [9.17, 15) is 13.5 Å². The van der Waals surface area contributed by atoms with Gasteiger partial charge in [0.2, 0.25) is 10.0 Å². The van der Waals surface area contributed by atoms with Crippen molar-refractivity contribution in [1.82, 2.24) is 15.4 Å². The van der Waals surface area contributed by atoms with Gasteiger partial charge in [0.05, 0.1) is 12.3 Å². The smallest absolute Gasteiger partial charge is 0.211 e. The second-order valence-electron chi connectivity index (χ2n) is 5.96. The van der Waals surface area contributed by atoms with Gasteiger partial charge in [0.15, 0.2) is 5.96 Å². The third-order valence-electron chi connectivity index (χ3n) is 3.51. The van der Waals surface area contributed by atoms with Crippen LogP contribution in [0.4, 0.5) is 0 Å². The Morgan fingerprint density at radius 3 is 2.56 bits per heavy atom. The van der Waals surface area contributed by atoms with Gasteiger partial charge in [-0.2, -0.15) is 0 Å². The first kappa shape index (κ1) is 21.5. The summed E-state index contributed by atoms with van der Waals surface area (Å²) in [5.41, 5.74) is -1.20. The zero-order valence-electron chi connectivity index (χ0n) is 15.4. The Labute approximate surface area is 150 Å². The Balaban J connectivity index is 2.51. The fraction of sp³-hybridized carbons (Fsp3) is 0.688. The minimum absolute atomic E-state index is 0.0753. The van der Waals surface area contributed by atoms with Crippen molar-refractivity contribution >= 4 is 16.0 Å². The maximum Gasteiger partial charge on any atom is 0.211 e. The highest BCUT2D eigenvalue weighted by atomic mass is 32.2. The van der Waals surface area contributed by atoms with Crippen molar-refractivity contribution in [2.24, 2.45) is 4.99 Å². The highest BCUT2D eigenvalue weighted by Gasteiger charge is 2.26. The van der Waals surface area contributed by atoms with Crippen LogP contribution in [-0.4, -0.2) is 51.4 Å². The first-order valence-electron chi connectivity index (χ1n) is 8.49. The molecule has 4 N–H and O–H groups in total. The molecule has 0 aliphatic carbocycles. The number of aliphatic hydroxyl groups is 1. The van der Waals surface area contributed by atoms with Crippen LogP contribution in [0, 0.1) is 6.92 Å². The summed E-state index contributed by atoms with van der Waals surface area (Å²) in [7, 11) is -3.16. The normalized spacial score (nSPS) is 15.0. The fourth-order valence-electron chi connectivity index (χ4n) is 2.00. The summed E-state index contributed by atoms with van der Waals surface area (Å²) >= 11 is 0. The van der Waals surface area contributed by atoms with Gasteiger partial charge < -0.3 is 20.2 Å². The van der Waals surface area contributed by atoms with Gasteiger partial charge >= 0.3 is 0 Å². The Morgan fingerprint density at radius 1 is 1.28 bits per heavy atom. The second-order valence-corrected chi connectivity index (χ2v) is 8.05. The maximum absolute atomic E-state index is 11.3. The van der Waals surface area contributed by atoms with E-state index in [-0.39, 0.29) is 12.3 Å². The Bertz CT molecular complexity index is 653. The number of aliphatic imine (C=N–C) groups is 1. The van der Waals surface area contributed by atoms with Crippen LogP contribution in [-0.2, 0) is 15.6 Å². The van der Waals surface area contributed by atoms with E-state index in [2.05, 4.69) is 20.3 Å². The van der Waals surface area contributed by atoms with E-state index in [1.54, 1.807) is 26.0 Å². The molecule has 25 heavy (non-hydrogen) atoms. The SMILES string of the molecule is CCNC(=NCC(C)(O)c1ccc(C)o1)NCCCNS(=O)(=O)CC. The molecule has 144 valence electrons. The van der Waals surface area contributed by atoms with Crippen LogP contribution in [0.25, 0.3) is 0 Å². The van der Waals surface area contributed by atoms with Crippen molar-refractivity contribution in [2.45, 2.75) is 39.7 Å².